The first-order chi connectivity index (χ1) is 12.0. The zero-order chi connectivity index (χ0) is 17.6. The number of nitrogens with zero attached hydrogens (tertiary/aromatic N) is 2. The van der Waals surface area contributed by atoms with Crippen molar-refractivity contribution in [1.29, 1.82) is 0 Å². The average molecular weight is 329 g/mol. The van der Waals surface area contributed by atoms with Crippen molar-refractivity contribution in [3.63, 3.8) is 0 Å². The van der Waals surface area contributed by atoms with Crippen molar-refractivity contribution in [3.05, 3.63) is 71.5 Å². The van der Waals surface area contributed by atoms with E-state index >= 15 is 0 Å². The maximum atomic E-state index is 13.0. The highest BCUT2D eigenvalue weighted by Gasteiger charge is 2.14. The predicted octanol–water partition coefficient (Wildman–Crippen LogP) is 4.60. The largest absolute Gasteiger partial charge is 0.350 e. The van der Waals surface area contributed by atoms with Gasteiger partial charge in [-0.2, -0.15) is 0 Å². The van der Waals surface area contributed by atoms with Gasteiger partial charge in [0.2, 0.25) is 0 Å². The standard InChI is InChI=1S/C21H19N3O/c1-13-7-8-19-16(11-13)17(12-14(2)22-19)21(25)23-18-5-4-6-20-15(18)9-10-24(20)3/h4-12H,1-3H3,(H,23,25). The van der Waals surface area contributed by atoms with Gasteiger partial charge >= 0.3 is 0 Å². The van der Waals surface area contributed by atoms with Crippen LogP contribution in [0.3, 0.4) is 0 Å². The van der Waals surface area contributed by atoms with E-state index in [4.69, 9.17) is 0 Å². The molecule has 25 heavy (non-hydrogen) atoms. The Morgan fingerprint density at radius 2 is 1.88 bits per heavy atom. The van der Waals surface area contributed by atoms with Gasteiger partial charge in [0, 0.05) is 35.2 Å². The Labute approximate surface area is 146 Å². The van der Waals surface area contributed by atoms with E-state index < -0.39 is 0 Å². The van der Waals surface area contributed by atoms with Crippen LogP contribution in [-0.2, 0) is 7.05 Å². The van der Waals surface area contributed by atoms with E-state index in [0.717, 1.165) is 38.8 Å². The van der Waals surface area contributed by atoms with Crippen molar-refractivity contribution in [3.8, 4) is 0 Å². The van der Waals surface area contributed by atoms with E-state index in [2.05, 4.69) is 10.3 Å². The number of pyridine rings is 1. The van der Waals surface area contributed by atoms with Crippen LogP contribution in [0.25, 0.3) is 21.8 Å². The monoisotopic (exact) mass is 329 g/mol. The smallest absolute Gasteiger partial charge is 0.256 e. The summed E-state index contributed by atoms with van der Waals surface area (Å²) in [6, 6.07) is 15.8. The minimum absolute atomic E-state index is 0.113. The number of carbonyl (C=O) groups excluding carboxylic acids is 1. The Balaban J connectivity index is 1.81. The maximum Gasteiger partial charge on any atom is 0.256 e. The number of fused-ring (bicyclic) bond motifs is 2. The number of nitrogens with one attached hydrogen (secondary N) is 1. The summed E-state index contributed by atoms with van der Waals surface area (Å²) in [6.07, 6.45) is 2.00. The van der Waals surface area contributed by atoms with Crippen LogP contribution in [0.1, 0.15) is 21.6 Å². The Kier molecular flexibility index (Phi) is 3.53. The van der Waals surface area contributed by atoms with Crippen molar-refractivity contribution >= 4 is 33.4 Å². The lowest BCUT2D eigenvalue weighted by Gasteiger charge is -2.11. The molecule has 1 N–H and O–H groups in total. The van der Waals surface area contributed by atoms with Gasteiger partial charge < -0.3 is 9.88 Å². The lowest BCUT2D eigenvalue weighted by atomic mass is 10.0. The molecule has 4 heteroatoms. The highest BCUT2D eigenvalue weighted by Crippen LogP contribution is 2.26. The molecule has 0 fully saturated rings. The molecule has 0 aliphatic carbocycles. The number of aromatic nitrogens is 2. The molecular formula is C21H19N3O. The molecule has 1 amide bonds. The van der Waals surface area contributed by atoms with Gasteiger partial charge in [0.1, 0.15) is 0 Å². The Morgan fingerprint density at radius 3 is 2.72 bits per heavy atom. The van der Waals surface area contributed by atoms with E-state index in [1.807, 2.05) is 80.2 Å². The highest BCUT2D eigenvalue weighted by molar-refractivity contribution is 6.14. The number of hydrogen-bond acceptors (Lipinski definition) is 2. The summed E-state index contributed by atoms with van der Waals surface area (Å²) < 4.78 is 2.04. The summed E-state index contributed by atoms with van der Waals surface area (Å²) in [7, 11) is 2.00. The van der Waals surface area contributed by atoms with Gasteiger partial charge in [-0.05, 0) is 50.2 Å². The zero-order valence-corrected chi connectivity index (χ0v) is 14.5. The van der Waals surface area contributed by atoms with Gasteiger partial charge in [0.15, 0.2) is 0 Å². The van der Waals surface area contributed by atoms with E-state index in [1.165, 1.54) is 0 Å². The SMILES string of the molecule is Cc1ccc2nc(C)cc(C(=O)Nc3cccc4c3ccn4C)c2c1. The molecule has 4 rings (SSSR count). The van der Waals surface area contributed by atoms with Crippen LogP contribution >= 0.6 is 0 Å². The number of amides is 1. The summed E-state index contributed by atoms with van der Waals surface area (Å²) in [5, 5.41) is 4.98. The highest BCUT2D eigenvalue weighted by atomic mass is 16.1. The van der Waals surface area contributed by atoms with Crippen molar-refractivity contribution in [1.82, 2.24) is 9.55 Å². The number of anilines is 1. The molecular weight excluding hydrogens is 310 g/mol. The minimum atomic E-state index is -0.113. The summed E-state index contributed by atoms with van der Waals surface area (Å²) in [5.41, 5.74) is 5.34. The Morgan fingerprint density at radius 1 is 1.04 bits per heavy atom. The molecule has 0 saturated heterocycles. The molecule has 4 aromatic rings. The number of carbonyl (C=O) groups is 1. The van der Waals surface area contributed by atoms with Crippen LogP contribution in [0.2, 0.25) is 0 Å². The zero-order valence-electron chi connectivity index (χ0n) is 14.5. The third kappa shape index (κ3) is 2.66. The minimum Gasteiger partial charge on any atom is -0.350 e. The van der Waals surface area contributed by atoms with E-state index in [0.29, 0.717) is 5.56 Å². The molecule has 4 nitrogen and oxygen atoms in total. The van der Waals surface area contributed by atoms with E-state index in [1.54, 1.807) is 0 Å². The van der Waals surface area contributed by atoms with Gasteiger partial charge in [-0.1, -0.05) is 17.7 Å². The lowest BCUT2D eigenvalue weighted by Crippen LogP contribution is -2.13. The molecule has 0 spiro atoms. The summed E-state index contributed by atoms with van der Waals surface area (Å²) in [4.78, 5) is 17.5. The molecule has 0 aliphatic heterocycles. The first-order valence-electron chi connectivity index (χ1n) is 8.26. The fraction of sp³-hybridized carbons (Fsp3) is 0.143. The van der Waals surface area contributed by atoms with Gasteiger partial charge in [-0.15, -0.1) is 0 Å². The van der Waals surface area contributed by atoms with E-state index in [-0.39, 0.29) is 5.91 Å². The maximum absolute atomic E-state index is 13.0. The van der Waals surface area contributed by atoms with Crippen LogP contribution < -0.4 is 5.32 Å². The number of hydrogen-bond donors (Lipinski definition) is 1. The number of benzene rings is 2. The molecule has 0 bridgehead atoms. The van der Waals surface area contributed by atoms with Gasteiger partial charge in [0.25, 0.3) is 5.91 Å². The third-order valence-electron chi connectivity index (χ3n) is 4.51. The van der Waals surface area contributed by atoms with Crippen molar-refractivity contribution in [2.45, 2.75) is 13.8 Å². The second-order valence-corrected chi connectivity index (χ2v) is 6.45. The molecule has 0 aliphatic rings. The fourth-order valence-corrected chi connectivity index (χ4v) is 3.26. The molecule has 0 saturated carbocycles. The Bertz CT molecular complexity index is 1120. The molecule has 0 radical (unpaired) electrons. The second-order valence-electron chi connectivity index (χ2n) is 6.45. The molecule has 2 heterocycles. The normalized spacial score (nSPS) is 11.2. The van der Waals surface area contributed by atoms with Crippen LogP contribution in [-0.4, -0.2) is 15.5 Å². The van der Waals surface area contributed by atoms with Crippen LogP contribution in [0, 0.1) is 13.8 Å². The van der Waals surface area contributed by atoms with Gasteiger partial charge in [-0.3, -0.25) is 9.78 Å². The molecule has 2 aromatic heterocycles. The molecule has 2 aromatic carbocycles. The first-order valence-corrected chi connectivity index (χ1v) is 8.26. The number of rotatable bonds is 2. The van der Waals surface area contributed by atoms with Crippen molar-refractivity contribution in [2.24, 2.45) is 7.05 Å². The fourth-order valence-electron chi connectivity index (χ4n) is 3.26. The first kappa shape index (κ1) is 15.4. The summed E-state index contributed by atoms with van der Waals surface area (Å²) in [6.45, 7) is 3.93. The van der Waals surface area contributed by atoms with Gasteiger partial charge in [0.05, 0.1) is 16.8 Å². The lowest BCUT2D eigenvalue weighted by molar-refractivity contribution is 0.102. The summed E-state index contributed by atoms with van der Waals surface area (Å²) in [5.74, 6) is -0.113. The van der Waals surface area contributed by atoms with Crippen molar-refractivity contribution < 1.29 is 4.79 Å². The third-order valence-corrected chi connectivity index (χ3v) is 4.51. The van der Waals surface area contributed by atoms with E-state index in [9.17, 15) is 4.79 Å². The van der Waals surface area contributed by atoms with Gasteiger partial charge in [-0.25, -0.2) is 0 Å². The average Bonchev–Trinajstić information content (AvgIpc) is 2.97. The Hall–Kier alpha value is -3.14. The number of aryl methyl sites for hydroxylation is 3. The molecule has 124 valence electrons. The predicted molar refractivity (Wildman–Crippen MR) is 102 cm³/mol. The second kappa shape index (κ2) is 5.74. The van der Waals surface area contributed by atoms with Crippen LogP contribution in [0.4, 0.5) is 5.69 Å². The topological polar surface area (TPSA) is 46.9 Å². The van der Waals surface area contributed by atoms with Crippen LogP contribution in [0.15, 0.2) is 54.7 Å². The van der Waals surface area contributed by atoms with Crippen LogP contribution in [0.5, 0.6) is 0 Å². The summed E-state index contributed by atoms with van der Waals surface area (Å²) >= 11 is 0. The molecule has 0 atom stereocenters. The molecule has 0 unspecified atom stereocenters. The van der Waals surface area contributed by atoms with Crippen molar-refractivity contribution in [2.75, 3.05) is 5.32 Å². The quantitative estimate of drug-likeness (QED) is 0.584.